The molecule has 3 rings (SSSR count). The van der Waals surface area contributed by atoms with E-state index < -0.39 is 0 Å². The Kier molecular flexibility index (Phi) is 2.48. The van der Waals surface area contributed by atoms with Crippen molar-refractivity contribution in [2.24, 2.45) is 5.92 Å². The second kappa shape index (κ2) is 4.00. The summed E-state index contributed by atoms with van der Waals surface area (Å²) in [6.07, 6.45) is 4.04. The van der Waals surface area contributed by atoms with Crippen molar-refractivity contribution >= 4 is 5.65 Å². The second-order valence-corrected chi connectivity index (χ2v) is 4.82. The lowest BCUT2D eigenvalue weighted by Crippen LogP contribution is -2.15. The zero-order valence-corrected chi connectivity index (χ0v) is 9.87. The molecule has 0 bridgehead atoms. The molecule has 5 heteroatoms. The molecule has 1 atom stereocenters. The van der Waals surface area contributed by atoms with Gasteiger partial charge in [-0.05, 0) is 38.1 Å². The topological polar surface area (TPSA) is 53.7 Å². The minimum absolute atomic E-state index is 0.190. The van der Waals surface area contributed by atoms with Crippen molar-refractivity contribution in [2.45, 2.75) is 12.8 Å². The fourth-order valence-electron chi connectivity index (χ4n) is 2.54. The molecular formula is C12H16N4O. The number of hydrogen-bond donors (Lipinski definition) is 1. The van der Waals surface area contributed by atoms with Crippen LogP contribution in [0.25, 0.3) is 5.65 Å². The monoisotopic (exact) mass is 232 g/mol. The van der Waals surface area contributed by atoms with Crippen molar-refractivity contribution in [2.75, 3.05) is 20.1 Å². The Morgan fingerprint density at radius 3 is 3.12 bits per heavy atom. The molecule has 1 aliphatic heterocycles. The average Bonchev–Trinajstić information content (AvgIpc) is 2.88. The highest BCUT2D eigenvalue weighted by Gasteiger charge is 2.22. The molecule has 0 aromatic carbocycles. The minimum Gasteiger partial charge on any atom is -0.504 e. The molecule has 5 nitrogen and oxygen atoms in total. The molecule has 1 N–H and O–H groups in total. The van der Waals surface area contributed by atoms with Gasteiger partial charge in [0.05, 0.1) is 0 Å². The smallest absolute Gasteiger partial charge is 0.203 e. The van der Waals surface area contributed by atoms with E-state index in [0.29, 0.717) is 11.6 Å². The van der Waals surface area contributed by atoms with Crippen molar-refractivity contribution < 1.29 is 5.11 Å². The van der Waals surface area contributed by atoms with Gasteiger partial charge in [-0.2, -0.15) is 0 Å². The van der Waals surface area contributed by atoms with Gasteiger partial charge in [0.2, 0.25) is 5.65 Å². The first-order chi connectivity index (χ1) is 8.24. The molecular weight excluding hydrogens is 216 g/mol. The number of fused-ring (bicyclic) bond motifs is 1. The van der Waals surface area contributed by atoms with Gasteiger partial charge in [-0.25, -0.2) is 0 Å². The first-order valence-corrected chi connectivity index (χ1v) is 5.94. The van der Waals surface area contributed by atoms with E-state index in [9.17, 15) is 5.11 Å². The van der Waals surface area contributed by atoms with Crippen molar-refractivity contribution in [3.05, 3.63) is 24.2 Å². The number of aromatic hydroxyl groups is 1. The average molecular weight is 232 g/mol. The van der Waals surface area contributed by atoms with Crippen LogP contribution in [0.5, 0.6) is 5.75 Å². The van der Waals surface area contributed by atoms with Gasteiger partial charge in [0.25, 0.3) is 0 Å². The zero-order chi connectivity index (χ0) is 11.8. The molecule has 1 aliphatic rings. The Hall–Kier alpha value is -1.62. The number of rotatable bonds is 2. The van der Waals surface area contributed by atoms with E-state index in [-0.39, 0.29) is 5.75 Å². The summed E-state index contributed by atoms with van der Waals surface area (Å²) < 4.78 is 1.88. The Balaban J connectivity index is 1.88. The third-order valence-electron chi connectivity index (χ3n) is 3.44. The van der Waals surface area contributed by atoms with Crippen LogP contribution in [0.2, 0.25) is 0 Å². The third-order valence-corrected chi connectivity index (χ3v) is 3.44. The van der Waals surface area contributed by atoms with Gasteiger partial charge in [0, 0.05) is 19.2 Å². The van der Waals surface area contributed by atoms with Crippen LogP contribution in [0.1, 0.15) is 12.2 Å². The van der Waals surface area contributed by atoms with E-state index in [4.69, 9.17) is 0 Å². The van der Waals surface area contributed by atoms with Crippen LogP contribution >= 0.6 is 0 Å². The number of pyridine rings is 1. The predicted molar refractivity (Wildman–Crippen MR) is 64.0 cm³/mol. The van der Waals surface area contributed by atoms with E-state index in [0.717, 1.165) is 25.3 Å². The molecule has 2 aromatic heterocycles. The third kappa shape index (κ3) is 1.86. The molecule has 2 aromatic rings. The summed E-state index contributed by atoms with van der Waals surface area (Å²) in [6, 6.07) is 3.45. The lowest BCUT2D eigenvalue weighted by Gasteiger charge is -2.08. The van der Waals surface area contributed by atoms with Crippen LogP contribution in [0.4, 0.5) is 0 Å². The van der Waals surface area contributed by atoms with Crippen molar-refractivity contribution in [1.29, 1.82) is 0 Å². The van der Waals surface area contributed by atoms with Crippen LogP contribution in [-0.4, -0.2) is 44.7 Å². The lowest BCUT2D eigenvalue weighted by molar-refractivity contribution is 0.392. The molecule has 1 unspecified atom stereocenters. The summed E-state index contributed by atoms with van der Waals surface area (Å²) in [5.74, 6) is 1.78. The molecule has 0 saturated carbocycles. The van der Waals surface area contributed by atoms with E-state index in [1.165, 1.54) is 6.42 Å². The first-order valence-electron chi connectivity index (χ1n) is 5.94. The van der Waals surface area contributed by atoms with Crippen LogP contribution < -0.4 is 0 Å². The maximum absolute atomic E-state index is 9.66. The van der Waals surface area contributed by atoms with Crippen LogP contribution in [0, 0.1) is 5.92 Å². The van der Waals surface area contributed by atoms with Gasteiger partial charge in [-0.1, -0.05) is 0 Å². The molecule has 17 heavy (non-hydrogen) atoms. The summed E-state index contributed by atoms with van der Waals surface area (Å²) in [6.45, 7) is 2.28. The molecule has 1 saturated heterocycles. The van der Waals surface area contributed by atoms with Gasteiger partial charge in [-0.3, -0.25) is 4.40 Å². The van der Waals surface area contributed by atoms with Crippen LogP contribution in [0.15, 0.2) is 18.3 Å². The lowest BCUT2D eigenvalue weighted by atomic mass is 10.0. The largest absolute Gasteiger partial charge is 0.504 e. The summed E-state index contributed by atoms with van der Waals surface area (Å²) in [5, 5.41) is 17.9. The van der Waals surface area contributed by atoms with Crippen molar-refractivity contribution in [3.63, 3.8) is 0 Å². The highest BCUT2D eigenvalue weighted by atomic mass is 16.3. The van der Waals surface area contributed by atoms with Gasteiger partial charge >= 0.3 is 0 Å². The van der Waals surface area contributed by atoms with Gasteiger partial charge in [0.1, 0.15) is 5.82 Å². The number of nitrogens with zero attached hydrogens (tertiary/aromatic N) is 4. The Morgan fingerprint density at radius 1 is 1.47 bits per heavy atom. The summed E-state index contributed by atoms with van der Waals surface area (Å²) in [7, 11) is 2.15. The maximum atomic E-state index is 9.66. The Bertz CT molecular complexity index is 536. The highest BCUT2D eigenvalue weighted by Crippen LogP contribution is 2.21. The normalized spacial score (nSPS) is 21.4. The summed E-state index contributed by atoms with van der Waals surface area (Å²) in [5.41, 5.74) is 0.550. The standard InChI is InChI=1S/C12H16N4O/c1-15-6-4-9(8-15)7-11-13-14-12-10(17)3-2-5-16(11)12/h2-3,5,9,17H,4,6-8H2,1H3. The fraction of sp³-hybridized carbons (Fsp3) is 0.500. The Labute approximate surface area is 99.7 Å². The molecule has 0 spiro atoms. The number of likely N-dealkylation sites (tertiary alicyclic amines) is 1. The van der Waals surface area contributed by atoms with E-state index in [1.54, 1.807) is 6.07 Å². The van der Waals surface area contributed by atoms with Crippen LogP contribution in [-0.2, 0) is 6.42 Å². The summed E-state index contributed by atoms with van der Waals surface area (Å²) in [4.78, 5) is 2.34. The van der Waals surface area contributed by atoms with Gasteiger partial charge in [-0.15, -0.1) is 10.2 Å². The molecule has 1 fully saturated rings. The molecule has 0 aliphatic carbocycles. The molecule has 0 amide bonds. The van der Waals surface area contributed by atoms with E-state index >= 15 is 0 Å². The van der Waals surface area contributed by atoms with Crippen molar-refractivity contribution in [3.8, 4) is 5.75 Å². The van der Waals surface area contributed by atoms with Gasteiger partial charge < -0.3 is 10.0 Å². The first kappa shape index (κ1) is 10.5. The molecule has 3 heterocycles. The van der Waals surface area contributed by atoms with Gasteiger partial charge in [0.15, 0.2) is 5.75 Å². The number of hydrogen-bond acceptors (Lipinski definition) is 4. The van der Waals surface area contributed by atoms with Crippen LogP contribution in [0.3, 0.4) is 0 Å². The van der Waals surface area contributed by atoms with Crippen molar-refractivity contribution in [1.82, 2.24) is 19.5 Å². The predicted octanol–water partition coefficient (Wildman–Crippen LogP) is 0.929. The maximum Gasteiger partial charge on any atom is 0.203 e. The minimum atomic E-state index is 0.190. The quantitative estimate of drug-likeness (QED) is 0.837. The fourth-order valence-corrected chi connectivity index (χ4v) is 2.54. The van der Waals surface area contributed by atoms with E-state index in [1.807, 2.05) is 16.7 Å². The highest BCUT2D eigenvalue weighted by molar-refractivity contribution is 5.51. The SMILES string of the molecule is CN1CCC(Cc2nnc3c(O)cccn23)C1. The Morgan fingerprint density at radius 2 is 2.35 bits per heavy atom. The second-order valence-electron chi connectivity index (χ2n) is 4.82. The number of aromatic nitrogens is 3. The molecule has 0 radical (unpaired) electrons. The summed E-state index contributed by atoms with van der Waals surface area (Å²) >= 11 is 0. The zero-order valence-electron chi connectivity index (χ0n) is 9.87. The molecule has 90 valence electrons. The van der Waals surface area contributed by atoms with E-state index in [2.05, 4.69) is 22.1 Å².